The van der Waals surface area contributed by atoms with Crippen molar-refractivity contribution in [3.8, 4) is 39.4 Å². The van der Waals surface area contributed by atoms with Crippen LogP contribution in [-0.2, 0) is 16.2 Å². The number of pyridine rings is 1. The smallest absolute Gasteiger partial charge is 0.142 e. The number of phenolic OH excluding ortho intramolecular Hbond substituents is 1. The number of fused-ring (bicyclic) bond motifs is 2. The molecular formula is C42H47N3O. The molecule has 0 saturated carbocycles. The van der Waals surface area contributed by atoms with E-state index in [2.05, 4.69) is 136 Å². The van der Waals surface area contributed by atoms with E-state index in [4.69, 9.17) is 9.97 Å². The number of hydrogen-bond acceptors (Lipinski definition) is 3. The molecule has 4 heteroatoms. The second kappa shape index (κ2) is 10.8. The van der Waals surface area contributed by atoms with Crippen molar-refractivity contribution < 1.29 is 5.11 Å². The van der Waals surface area contributed by atoms with Crippen molar-refractivity contribution >= 4 is 21.9 Å². The minimum atomic E-state index is -0.0755. The Morgan fingerprint density at radius 3 is 1.76 bits per heavy atom. The van der Waals surface area contributed by atoms with Gasteiger partial charge < -0.3 is 10.1 Å². The number of aromatic nitrogens is 3. The van der Waals surface area contributed by atoms with Crippen LogP contribution in [0.5, 0.6) is 5.75 Å². The number of aromatic hydroxyl groups is 1. The molecule has 0 amide bonds. The number of rotatable bonds is 3. The van der Waals surface area contributed by atoms with Crippen LogP contribution < -0.4 is 0 Å². The maximum atomic E-state index is 11.0. The minimum absolute atomic E-state index is 0.00756. The van der Waals surface area contributed by atoms with Gasteiger partial charge in [-0.1, -0.05) is 80.5 Å². The molecule has 4 aromatic carbocycles. The van der Waals surface area contributed by atoms with E-state index < -0.39 is 0 Å². The predicted octanol–water partition coefficient (Wildman–Crippen LogP) is 11.3. The average Bonchev–Trinajstić information content (AvgIpc) is 3.39. The molecule has 2 heterocycles. The summed E-state index contributed by atoms with van der Waals surface area (Å²) in [4.78, 5) is 13.7. The lowest BCUT2D eigenvalue weighted by molar-refractivity contribution is 0.475. The van der Waals surface area contributed by atoms with Crippen LogP contribution in [0, 0.1) is 13.8 Å². The van der Waals surface area contributed by atoms with Crippen LogP contribution in [-0.4, -0.2) is 20.1 Å². The fraction of sp³-hybridized carbons (Fsp3) is 0.333. The lowest BCUT2D eigenvalue weighted by Crippen LogP contribution is -2.11. The summed E-state index contributed by atoms with van der Waals surface area (Å²) in [6, 6.07) is 23.9. The minimum Gasteiger partial charge on any atom is -0.507 e. The Morgan fingerprint density at radius 1 is 0.587 bits per heavy atom. The predicted molar refractivity (Wildman–Crippen MR) is 195 cm³/mol. The molecule has 0 bridgehead atoms. The summed E-state index contributed by atoms with van der Waals surface area (Å²) in [5.41, 5.74) is 14.0. The quantitative estimate of drug-likeness (QED) is 0.210. The first kappa shape index (κ1) is 31.5. The highest BCUT2D eigenvalue weighted by atomic mass is 16.3. The highest BCUT2D eigenvalue weighted by molar-refractivity contribution is 5.99. The number of benzene rings is 4. The van der Waals surface area contributed by atoms with E-state index in [0.29, 0.717) is 11.4 Å². The summed E-state index contributed by atoms with van der Waals surface area (Å²) in [5.74, 6) is 0.887. The number of phenols is 1. The average molecular weight is 610 g/mol. The zero-order valence-electron chi connectivity index (χ0n) is 29.3. The van der Waals surface area contributed by atoms with Crippen LogP contribution >= 0.6 is 0 Å². The first-order valence-electron chi connectivity index (χ1n) is 16.3. The van der Waals surface area contributed by atoms with Crippen LogP contribution in [0.3, 0.4) is 0 Å². The van der Waals surface area contributed by atoms with Gasteiger partial charge in [0.25, 0.3) is 0 Å². The number of nitrogens with zero attached hydrogens (tertiary/aromatic N) is 2. The van der Waals surface area contributed by atoms with E-state index in [1.165, 1.54) is 27.6 Å². The van der Waals surface area contributed by atoms with Gasteiger partial charge in [-0.3, -0.25) is 4.98 Å². The zero-order valence-corrected chi connectivity index (χ0v) is 29.3. The molecule has 2 N–H and O–H groups in total. The second-order valence-electron chi connectivity index (χ2n) is 16.1. The van der Waals surface area contributed by atoms with E-state index in [0.717, 1.165) is 44.4 Å². The highest BCUT2D eigenvalue weighted by Gasteiger charge is 2.23. The third-order valence-electron chi connectivity index (χ3n) is 9.20. The van der Waals surface area contributed by atoms with Gasteiger partial charge in [0.1, 0.15) is 11.6 Å². The largest absolute Gasteiger partial charge is 0.507 e. The van der Waals surface area contributed by atoms with Crippen molar-refractivity contribution in [3.05, 3.63) is 101 Å². The summed E-state index contributed by atoms with van der Waals surface area (Å²) in [6.07, 6.45) is 1.92. The van der Waals surface area contributed by atoms with Crippen LogP contribution in [0.15, 0.2) is 72.9 Å². The fourth-order valence-corrected chi connectivity index (χ4v) is 6.23. The van der Waals surface area contributed by atoms with Crippen molar-refractivity contribution in [1.82, 2.24) is 15.0 Å². The lowest BCUT2D eigenvalue weighted by atomic mass is 9.82. The molecule has 0 aliphatic carbocycles. The Hall–Kier alpha value is -4.44. The maximum absolute atomic E-state index is 11.0. The van der Waals surface area contributed by atoms with Gasteiger partial charge in [-0.25, -0.2) is 4.98 Å². The van der Waals surface area contributed by atoms with Gasteiger partial charge in [0.15, 0.2) is 0 Å². The Kier molecular flexibility index (Phi) is 7.42. The molecule has 0 fully saturated rings. The van der Waals surface area contributed by atoms with E-state index in [1.807, 2.05) is 12.3 Å². The second-order valence-corrected chi connectivity index (χ2v) is 16.1. The van der Waals surface area contributed by atoms with Gasteiger partial charge in [-0.05, 0) is 118 Å². The molecular weight excluding hydrogens is 562 g/mol. The summed E-state index contributed by atoms with van der Waals surface area (Å²) in [7, 11) is 0. The standard InChI is InChI=1S/C42H47N3O/c1-24-16-26(32-21-29(41(6,7)8)20-31-25(2)14-15-43-37(31)32)18-27(17-24)33-22-30(42(9,10)11)23-35-38(33)45-39(44-35)34-19-28(40(3,4)5)12-13-36(34)46/h12-23,46H,1-11H3,(H,44,45). The number of H-pyrrole nitrogens is 1. The number of aromatic amines is 1. The molecule has 4 nitrogen and oxygen atoms in total. The van der Waals surface area contributed by atoms with Crippen LogP contribution in [0.2, 0.25) is 0 Å². The van der Waals surface area contributed by atoms with Gasteiger partial charge in [-0.2, -0.15) is 0 Å². The molecule has 0 saturated heterocycles. The SMILES string of the molecule is Cc1cc(-c2cc(C(C)(C)C)cc3[nH]c(-c4cc(C(C)(C)C)ccc4O)nc23)cc(-c2cc(C(C)(C)C)cc3c(C)ccnc23)c1. The molecule has 6 rings (SSSR count). The maximum Gasteiger partial charge on any atom is 0.142 e. The Balaban J connectivity index is 1.62. The molecule has 46 heavy (non-hydrogen) atoms. The molecule has 0 atom stereocenters. The highest BCUT2D eigenvalue weighted by Crippen LogP contribution is 2.41. The number of hydrogen-bond donors (Lipinski definition) is 2. The first-order valence-corrected chi connectivity index (χ1v) is 16.3. The third kappa shape index (κ3) is 5.82. The molecule has 6 aromatic rings. The molecule has 0 spiro atoms. The fourth-order valence-electron chi connectivity index (χ4n) is 6.23. The summed E-state index contributed by atoms with van der Waals surface area (Å²) >= 11 is 0. The monoisotopic (exact) mass is 609 g/mol. The lowest BCUT2D eigenvalue weighted by Gasteiger charge is -2.22. The topological polar surface area (TPSA) is 61.8 Å². The van der Waals surface area contributed by atoms with E-state index in [1.54, 1.807) is 6.07 Å². The van der Waals surface area contributed by atoms with Crippen molar-refractivity contribution in [3.63, 3.8) is 0 Å². The zero-order chi connectivity index (χ0) is 33.3. The first-order chi connectivity index (χ1) is 21.4. The molecule has 2 aromatic heterocycles. The Bertz CT molecular complexity index is 2130. The van der Waals surface area contributed by atoms with Crippen LogP contribution in [0.25, 0.3) is 55.6 Å². The molecule has 0 radical (unpaired) electrons. The molecule has 0 aliphatic heterocycles. The van der Waals surface area contributed by atoms with Gasteiger partial charge in [0, 0.05) is 22.7 Å². The number of imidazole rings is 1. The molecule has 236 valence electrons. The van der Waals surface area contributed by atoms with E-state index in [-0.39, 0.29) is 22.0 Å². The van der Waals surface area contributed by atoms with Crippen LogP contribution in [0.1, 0.15) is 90.1 Å². The molecule has 0 unspecified atom stereocenters. The third-order valence-corrected chi connectivity index (χ3v) is 9.20. The van der Waals surface area contributed by atoms with Gasteiger partial charge in [0.05, 0.1) is 22.1 Å². The van der Waals surface area contributed by atoms with Crippen molar-refractivity contribution in [1.29, 1.82) is 0 Å². The number of aryl methyl sites for hydroxylation is 2. The van der Waals surface area contributed by atoms with Crippen LogP contribution in [0.4, 0.5) is 0 Å². The number of nitrogens with one attached hydrogen (secondary N) is 1. The van der Waals surface area contributed by atoms with Gasteiger partial charge in [0.2, 0.25) is 0 Å². The Labute approximate surface area is 274 Å². The van der Waals surface area contributed by atoms with Crippen molar-refractivity contribution in [2.75, 3.05) is 0 Å². The van der Waals surface area contributed by atoms with Crippen molar-refractivity contribution in [2.24, 2.45) is 0 Å². The molecule has 0 aliphatic rings. The van der Waals surface area contributed by atoms with Gasteiger partial charge >= 0.3 is 0 Å². The van der Waals surface area contributed by atoms with Crippen molar-refractivity contribution in [2.45, 2.75) is 92.4 Å². The normalized spacial score (nSPS) is 12.8. The Morgan fingerprint density at radius 2 is 1.15 bits per heavy atom. The van der Waals surface area contributed by atoms with E-state index in [9.17, 15) is 5.11 Å². The summed E-state index contributed by atoms with van der Waals surface area (Å²) < 4.78 is 0. The van der Waals surface area contributed by atoms with E-state index >= 15 is 0 Å². The summed E-state index contributed by atoms with van der Waals surface area (Å²) in [5, 5.41) is 12.2. The van der Waals surface area contributed by atoms with Gasteiger partial charge in [-0.15, -0.1) is 0 Å². The summed E-state index contributed by atoms with van der Waals surface area (Å²) in [6.45, 7) is 24.4.